The van der Waals surface area contributed by atoms with Gasteiger partial charge in [0.05, 0.1) is 18.4 Å². The molecule has 3 heterocycles. The molecule has 158 valence electrons. The third-order valence-corrected chi connectivity index (χ3v) is 5.43. The first-order chi connectivity index (χ1) is 13.4. The van der Waals surface area contributed by atoms with Crippen LogP contribution in [0, 0.1) is 17.2 Å². The number of aromatic nitrogens is 1. The number of nitrogens with zero attached hydrogens (tertiary/aromatic N) is 4. The van der Waals surface area contributed by atoms with Crippen molar-refractivity contribution in [2.45, 2.75) is 43.2 Å². The summed E-state index contributed by atoms with van der Waals surface area (Å²) in [5.41, 5.74) is 0.583. The highest BCUT2D eigenvalue weighted by Crippen LogP contribution is 2.47. The Morgan fingerprint density at radius 2 is 2.00 bits per heavy atom. The Labute approximate surface area is 164 Å². The van der Waals surface area contributed by atoms with Crippen LogP contribution in [0.4, 0.5) is 5.82 Å². The summed E-state index contributed by atoms with van der Waals surface area (Å²) in [5, 5.41) is 74.7. The van der Waals surface area contributed by atoms with Crippen LogP contribution in [-0.4, -0.2) is 88.4 Å². The number of anilines is 1. The molecule has 2 aliphatic rings. The molecule has 2 aliphatic heterocycles. The van der Waals surface area contributed by atoms with Gasteiger partial charge < -0.3 is 40.9 Å². The average Bonchev–Trinajstić information content (AvgIpc) is 3.08. The third kappa shape index (κ3) is 2.90. The minimum absolute atomic E-state index is 0.312. The van der Waals surface area contributed by atoms with E-state index in [1.54, 1.807) is 12.3 Å². The number of amides is 1. The number of aliphatic hydroxyl groups is 6. The number of aromatic amines is 1. The van der Waals surface area contributed by atoms with Gasteiger partial charge in [0.1, 0.15) is 18.4 Å². The number of carbonyl (C=O) groups excluding carboxylic acids is 1. The molecule has 1 aromatic heterocycles. The fraction of sp³-hybridized carbons (Fsp3) is 0.562. The molecule has 1 fully saturated rings. The lowest BCUT2D eigenvalue weighted by molar-refractivity contribution is -0.503. The number of H-pyrrole nitrogens is 1. The third-order valence-electron chi connectivity index (χ3n) is 5.43. The maximum atomic E-state index is 12.3. The number of nitrogens with one attached hydrogen (secondary N) is 2. The zero-order chi connectivity index (χ0) is 21.8. The Morgan fingerprint density at radius 1 is 1.34 bits per heavy atom. The first-order valence-corrected chi connectivity index (χ1v) is 8.60. The highest BCUT2D eigenvalue weighted by atomic mass is 16.6. The lowest BCUT2D eigenvalue weighted by atomic mass is 9.80. The van der Waals surface area contributed by atoms with Gasteiger partial charge in [-0.25, -0.2) is 4.90 Å². The van der Waals surface area contributed by atoms with Crippen molar-refractivity contribution >= 4 is 18.1 Å². The summed E-state index contributed by atoms with van der Waals surface area (Å²) in [6.45, 7) is 1.14. The monoisotopic (exact) mass is 410 g/mol. The maximum absolute atomic E-state index is 12.3. The van der Waals surface area contributed by atoms with Gasteiger partial charge in [0.25, 0.3) is 5.91 Å². The van der Waals surface area contributed by atoms with E-state index in [9.17, 15) is 35.4 Å². The van der Waals surface area contributed by atoms with Gasteiger partial charge in [-0.3, -0.25) is 14.7 Å². The number of rotatable bonds is 3. The molecule has 29 heavy (non-hydrogen) atoms. The summed E-state index contributed by atoms with van der Waals surface area (Å²) in [7, 11) is 1.39. The SMILES string of the molecule is CC1C(N(C)C2N=CNc3[nH]ccc32)C(O)(O)N(C(=O)CC#N)C(O)(O)C1(O)O. The molecule has 0 radical (unpaired) electrons. The van der Waals surface area contributed by atoms with Crippen LogP contribution in [0.3, 0.4) is 0 Å². The van der Waals surface area contributed by atoms with Crippen LogP contribution in [0.5, 0.6) is 0 Å². The summed E-state index contributed by atoms with van der Waals surface area (Å²) in [4.78, 5) is 20.4. The van der Waals surface area contributed by atoms with Gasteiger partial charge >= 0.3 is 5.91 Å². The molecule has 13 nitrogen and oxygen atoms in total. The molecule has 0 aliphatic carbocycles. The van der Waals surface area contributed by atoms with Crippen molar-refractivity contribution in [3.8, 4) is 6.07 Å². The molecule has 3 atom stereocenters. The van der Waals surface area contributed by atoms with Gasteiger partial charge in [0.15, 0.2) is 0 Å². The standard InChI is InChI=1S/C16H22N6O7/c1-8-11(21(2)13-9-4-6-18-12(9)19-7-20-13)15(26,27)22(10(23)3-5-17)16(28,29)14(8,24)25/h4,6-8,11,13,18,24-29H,3H2,1-2H3,(H,19,20). The fourth-order valence-electron chi connectivity index (χ4n) is 3.97. The van der Waals surface area contributed by atoms with Gasteiger partial charge in [-0.1, -0.05) is 6.92 Å². The Hall–Kier alpha value is -2.57. The van der Waals surface area contributed by atoms with E-state index in [0.717, 1.165) is 6.92 Å². The van der Waals surface area contributed by atoms with Crippen molar-refractivity contribution in [2.24, 2.45) is 10.9 Å². The number of hydrogen-bond acceptors (Lipinski definition) is 11. The number of carbonyl (C=O) groups is 1. The molecular formula is C16H22N6O7. The molecule has 0 saturated carbocycles. The van der Waals surface area contributed by atoms with Crippen LogP contribution >= 0.6 is 0 Å². The van der Waals surface area contributed by atoms with Gasteiger partial charge in [-0.2, -0.15) is 5.26 Å². The molecule has 8 N–H and O–H groups in total. The van der Waals surface area contributed by atoms with Gasteiger partial charge in [0, 0.05) is 17.7 Å². The second-order valence-electron chi connectivity index (χ2n) is 7.12. The van der Waals surface area contributed by atoms with Crippen molar-refractivity contribution < 1.29 is 35.4 Å². The summed E-state index contributed by atoms with van der Waals surface area (Å²) in [5.74, 6) is -13.0. The van der Waals surface area contributed by atoms with E-state index < -0.39 is 48.1 Å². The van der Waals surface area contributed by atoms with Gasteiger partial charge in [-0.05, 0) is 13.1 Å². The number of likely N-dealkylation sites (tertiary alicyclic amines) is 1. The number of likely N-dealkylation sites (N-methyl/N-ethyl adjacent to an activating group) is 1. The number of fused-ring (bicyclic) bond motifs is 1. The molecule has 1 saturated heterocycles. The van der Waals surface area contributed by atoms with Crippen LogP contribution in [0.1, 0.15) is 25.1 Å². The molecule has 0 spiro atoms. The van der Waals surface area contributed by atoms with Crippen molar-refractivity contribution in [1.82, 2.24) is 14.8 Å². The Kier molecular flexibility index (Phi) is 4.92. The highest BCUT2D eigenvalue weighted by molar-refractivity contribution is 5.80. The molecular weight excluding hydrogens is 388 g/mol. The maximum Gasteiger partial charge on any atom is 0.310 e. The average molecular weight is 410 g/mol. The van der Waals surface area contributed by atoms with Crippen molar-refractivity contribution in [3.05, 3.63) is 17.8 Å². The van der Waals surface area contributed by atoms with E-state index >= 15 is 0 Å². The second kappa shape index (κ2) is 6.75. The van der Waals surface area contributed by atoms with Crippen LogP contribution in [-0.2, 0) is 4.79 Å². The molecule has 3 rings (SSSR count). The summed E-state index contributed by atoms with van der Waals surface area (Å²) in [6, 6.07) is 1.44. The predicted octanol–water partition coefficient (Wildman–Crippen LogP) is -2.88. The van der Waals surface area contributed by atoms with Crippen LogP contribution < -0.4 is 5.32 Å². The van der Waals surface area contributed by atoms with E-state index in [0.29, 0.717) is 11.4 Å². The zero-order valence-electron chi connectivity index (χ0n) is 15.6. The Bertz CT molecular complexity index is 873. The first-order valence-electron chi connectivity index (χ1n) is 8.60. The van der Waals surface area contributed by atoms with Crippen LogP contribution in [0.15, 0.2) is 17.3 Å². The van der Waals surface area contributed by atoms with E-state index in [1.807, 2.05) is 0 Å². The Balaban J connectivity index is 2.10. The summed E-state index contributed by atoms with van der Waals surface area (Å²) >= 11 is 0. The molecule has 0 bridgehead atoms. The zero-order valence-corrected chi connectivity index (χ0v) is 15.6. The quantitative estimate of drug-likeness (QED) is 0.239. The number of piperidine rings is 1. The largest absolute Gasteiger partial charge is 0.360 e. The van der Waals surface area contributed by atoms with Crippen LogP contribution in [0.2, 0.25) is 0 Å². The minimum atomic E-state index is -3.79. The first kappa shape index (κ1) is 21.1. The molecule has 3 unspecified atom stereocenters. The van der Waals surface area contributed by atoms with Gasteiger partial charge in [-0.15, -0.1) is 0 Å². The minimum Gasteiger partial charge on any atom is -0.360 e. The molecule has 1 aromatic rings. The van der Waals surface area contributed by atoms with E-state index in [2.05, 4.69) is 15.3 Å². The van der Waals surface area contributed by atoms with Gasteiger partial charge in [0.2, 0.25) is 11.7 Å². The smallest absolute Gasteiger partial charge is 0.310 e. The number of nitriles is 1. The summed E-state index contributed by atoms with van der Waals surface area (Å²) < 4.78 is 0. The van der Waals surface area contributed by atoms with E-state index in [1.165, 1.54) is 24.4 Å². The van der Waals surface area contributed by atoms with Crippen LogP contribution in [0.25, 0.3) is 0 Å². The molecule has 1 amide bonds. The lowest BCUT2D eigenvalue weighted by Crippen LogP contribution is -2.84. The normalized spacial score (nSPS) is 29.1. The fourth-order valence-corrected chi connectivity index (χ4v) is 3.97. The van der Waals surface area contributed by atoms with Crippen molar-refractivity contribution in [2.75, 3.05) is 12.4 Å². The Morgan fingerprint density at radius 3 is 2.62 bits per heavy atom. The number of aliphatic imine (C=N–C) groups is 1. The molecule has 0 aromatic carbocycles. The van der Waals surface area contributed by atoms with Crippen molar-refractivity contribution in [3.63, 3.8) is 0 Å². The highest BCUT2D eigenvalue weighted by Gasteiger charge is 2.72. The lowest BCUT2D eigenvalue weighted by Gasteiger charge is -2.59. The summed E-state index contributed by atoms with van der Waals surface area (Å²) in [6.07, 6.45) is 1.13. The van der Waals surface area contributed by atoms with E-state index in [-0.39, 0.29) is 4.90 Å². The predicted molar refractivity (Wildman–Crippen MR) is 94.9 cm³/mol. The van der Waals surface area contributed by atoms with Crippen molar-refractivity contribution in [1.29, 1.82) is 5.26 Å². The second-order valence-corrected chi connectivity index (χ2v) is 7.12. The molecule has 13 heteroatoms. The topological polar surface area (TPSA) is 209 Å². The number of hydrogen-bond donors (Lipinski definition) is 8. The van der Waals surface area contributed by atoms with E-state index in [4.69, 9.17) is 5.26 Å².